The van der Waals surface area contributed by atoms with Crippen LogP contribution < -0.4 is 10.1 Å². The number of carbonyl (C=O) groups is 3. The average molecular weight is 488 g/mol. The Bertz CT molecular complexity index is 1020. The van der Waals surface area contributed by atoms with Gasteiger partial charge in [-0.1, -0.05) is 12.1 Å². The number of methoxy groups -OCH3 is 2. The molecule has 1 aliphatic rings. The zero-order valence-electron chi connectivity index (χ0n) is 20.3. The van der Waals surface area contributed by atoms with Crippen molar-refractivity contribution in [3.05, 3.63) is 45.8 Å². The van der Waals surface area contributed by atoms with E-state index in [1.54, 1.807) is 7.11 Å². The number of aryl methyl sites for hydroxylation is 2. The Kier molecular flexibility index (Phi) is 9.06. The fourth-order valence-corrected chi connectivity index (χ4v) is 5.08. The van der Waals surface area contributed by atoms with Crippen LogP contribution in [0.2, 0.25) is 0 Å². The highest BCUT2D eigenvalue weighted by Crippen LogP contribution is 2.32. The van der Waals surface area contributed by atoms with Crippen LogP contribution in [0.25, 0.3) is 0 Å². The van der Waals surface area contributed by atoms with Crippen LogP contribution >= 0.6 is 11.3 Å². The largest absolute Gasteiger partial charge is 0.497 e. The van der Waals surface area contributed by atoms with Crippen LogP contribution in [0.1, 0.15) is 39.2 Å². The third-order valence-electron chi connectivity index (χ3n) is 6.12. The van der Waals surface area contributed by atoms with E-state index in [0.717, 1.165) is 34.7 Å². The zero-order chi connectivity index (χ0) is 24.7. The zero-order valence-corrected chi connectivity index (χ0v) is 21.1. The van der Waals surface area contributed by atoms with Gasteiger partial charge in [0, 0.05) is 37.5 Å². The number of esters is 1. The second-order valence-corrected chi connectivity index (χ2v) is 9.61. The third-order valence-corrected chi connectivity index (χ3v) is 7.25. The van der Waals surface area contributed by atoms with E-state index in [-0.39, 0.29) is 18.4 Å². The molecule has 0 spiro atoms. The first kappa shape index (κ1) is 25.7. The van der Waals surface area contributed by atoms with Crippen molar-refractivity contribution in [2.24, 2.45) is 0 Å². The van der Waals surface area contributed by atoms with Gasteiger partial charge in [-0.3, -0.25) is 14.5 Å². The molecule has 8 nitrogen and oxygen atoms in total. The Morgan fingerprint density at radius 3 is 2.44 bits per heavy atom. The molecule has 34 heavy (non-hydrogen) atoms. The quantitative estimate of drug-likeness (QED) is 0.575. The molecule has 1 N–H and O–H groups in total. The number of hydrogen-bond acceptors (Lipinski definition) is 7. The van der Waals surface area contributed by atoms with Gasteiger partial charge >= 0.3 is 5.97 Å². The van der Waals surface area contributed by atoms with Gasteiger partial charge in [-0.2, -0.15) is 0 Å². The molecule has 0 saturated carbocycles. The first-order valence-corrected chi connectivity index (χ1v) is 12.2. The Morgan fingerprint density at radius 2 is 1.76 bits per heavy atom. The van der Waals surface area contributed by atoms with Crippen molar-refractivity contribution in [2.75, 3.05) is 52.3 Å². The summed E-state index contributed by atoms with van der Waals surface area (Å²) in [5.74, 6) is 0.313. The SMILES string of the molecule is COC(=O)c1c(NC(=O)CN2CCCN(C(=O)CCc3ccc(OC)cc3)CC2)sc(C)c1C. The molecule has 2 aromatic rings. The molecule has 1 fully saturated rings. The van der Waals surface area contributed by atoms with Gasteiger partial charge in [-0.15, -0.1) is 11.3 Å². The molecule has 1 saturated heterocycles. The molecule has 9 heteroatoms. The number of amides is 2. The molecular weight excluding hydrogens is 454 g/mol. The number of thiophene rings is 1. The Labute approximate surface area is 204 Å². The smallest absolute Gasteiger partial charge is 0.341 e. The summed E-state index contributed by atoms with van der Waals surface area (Å²) in [4.78, 5) is 42.5. The molecule has 1 aliphatic heterocycles. The van der Waals surface area contributed by atoms with E-state index in [4.69, 9.17) is 9.47 Å². The second-order valence-electron chi connectivity index (χ2n) is 8.39. The maximum absolute atomic E-state index is 12.7. The van der Waals surface area contributed by atoms with Crippen LogP contribution in [0.15, 0.2) is 24.3 Å². The van der Waals surface area contributed by atoms with E-state index in [1.807, 2.05) is 43.0 Å². The molecular formula is C25H33N3O5S. The van der Waals surface area contributed by atoms with E-state index in [9.17, 15) is 14.4 Å². The number of anilines is 1. The summed E-state index contributed by atoms with van der Waals surface area (Å²) >= 11 is 1.38. The summed E-state index contributed by atoms with van der Waals surface area (Å²) in [6.45, 7) is 6.63. The predicted molar refractivity (Wildman–Crippen MR) is 133 cm³/mol. The molecule has 0 atom stereocenters. The van der Waals surface area contributed by atoms with E-state index in [2.05, 4.69) is 10.2 Å². The van der Waals surface area contributed by atoms with Crippen molar-refractivity contribution in [3.63, 3.8) is 0 Å². The lowest BCUT2D eigenvalue weighted by molar-refractivity contribution is -0.131. The molecule has 1 aromatic heterocycles. The van der Waals surface area contributed by atoms with Gasteiger partial charge < -0.3 is 19.7 Å². The van der Waals surface area contributed by atoms with Crippen molar-refractivity contribution in [3.8, 4) is 5.75 Å². The van der Waals surface area contributed by atoms with E-state index < -0.39 is 5.97 Å². The summed E-state index contributed by atoms with van der Waals surface area (Å²) < 4.78 is 10.0. The molecule has 184 valence electrons. The van der Waals surface area contributed by atoms with Gasteiger partial charge in [0.25, 0.3) is 0 Å². The minimum Gasteiger partial charge on any atom is -0.497 e. The van der Waals surface area contributed by atoms with Gasteiger partial charge in [-0.05, 0) is 49.9 Å². The summed E-state index contributed by atoms with van der Waals surface area (Å²) in [7, 11) is 2.97. The molecule has 1 aromatic carbocycles. The Hall–Kier alpha value is -2.91. The van der Waals surface area contributed by atoms with Crippen LogP contribution in [-0.4, -0.2) is 74.5 Å². The topological polar surface area (TPSA) is 88.2 Å². The van der Waals surface area contributed by atoms with Crippen LogP contribution in [0.5, 0.6) is 5.75 Å². The maximum Gasteiger partial charge on any atom is 0.341 e. The number of nitrogens with zero attached hydrogens (tertiary/aromatic N) is 2. The van der Waals surface area contributed by atoms with Crippen LogP contribution in [-0.2, 0) is 20.7 Å². The van der Waals surface area contributed by atoms with E-state index in [0.29, 0.717) is 43.0 Å². The lowest BCUT2D eigenvalue weighted by Crippen LogP contribution is -2.38. The van der Waals surface area contributed by atoms with Crippen molar-refractivity contribution < 1.29 is 23.9 Å². The number of nitrogens with one attached hydrogen (secondary N) is 1. The van der Waals surface area contributed by atoms with Gasteiger partial charge in [0.1, 0.15) is 10.8 Å². The minimum absolute atomic E-state index is 0.134. The fraction of sp³-hybridized carbons (Fsp3) is 0.480. The Morgan fingerprint density at radius 1 is 1.03 bits per heavy atom. The van der Waals surface area contributed by atoms with Crippen LogP contribution in [0.3, 0.4) is 0 Å². The molecule has 0 radical (unpaired) electrons. The number of hydrogen-bond donors (Lipinski definition) is 1. The van der Waals surface area contributed by atoms with Crippen molar-refractivity contribution in [2.45, 2.75) is 33.1 Å². The summed E-state index contributed by atoms with van der Waals surface area (Å²) in [5.41, 5.74) is 2.35. The van der Waals surface area contributed by atoms with Gasteiger partial charge in [0.05, 0.1) is 26.3 Å². The van der Waals surface area contributed by atoms with Crippen molar-refractivity contribution >= 4 is 34.1 Å². The van der Waals surface area contributed by atoms with Crippen molar-refractivity contribution in [1.29, 1.82) is 0 Å². The molecule has 2 amide bonds. The normalized spacial score (nSPS) is 14.4. The highest BCUT2D eigenvalue weighted by atomic mass is 32.1. The summed E-state index contributed by atoms with van der Waals surface area (Å²) in [6.07, 6.45) is 1.96. The number of carbonyl (C=O) groups excluding carboxylic acids is 3. The molecule has 0 bridgehead atoms. The van der Waals surface area contributed by atoms with Crippen LogP contribution in [0, 0.1) is 13.8 Å². The van der Waals surface area contributed by atoms with Crippen molar-refractivity contribution in [1.82, 2.24) is 9.80 Å². The standard InChI is InChI=1S/C25H33N3O5S/c1-17-18(2)34-24(23(17)25(31)33-4)26-21(29)16-27-12-5-13-28(15-14-27)22(30)11-8-19-6-9-20(32-3)10-7-19/h6-7,9-10H,5,8,11-16H2,1-4H3,(H,26,29). The molecule has 3 rings (SSSR count). The van der Waals surface area contributed by atoms with Crippen LogP contribution in [0.4, 0.5) is 5.00 Å². The molecule has 0 unspecified atom stereocenters. The highest BCUT2D eigenvalue weighted by molar-refractivity contribution is 7.16. The highest BCUT2D eigenvalue weighted by Gasteiger charge is 2.24. The average Bonchev–Trinajstić information content (AvgIpc) is 2.98. The predicted octanol–water partition coefficient (Wildman–Crippen LogP) is 3.27. The minimum atomic E-state index is -0.448. The lowest BCUT2D eigenvalue weighted by atomic mass is 10.1. The van der Waals surface area contributed by atoms with E-state index >= 15 is 0 Å². The summed E-state index contributed by atoms with van der Waals surface area (Å²) in [6, 6.07) is 7.78. The monoisotopic (exact) mass is 487 g/mol. The first-order chi connectivity index (χ1) is 16.3. The number of rotatable bonds is 8. The second kappa shape index (κ2) is 12.0. The number of benzene rings is 1. The molecule has 0 aliphatic carbocycles. The van der Waals surface area contributed by atoms with Gasteiger partial charge in [-0.25, -0.2) is 4.79 Å². The third kappa shape index (κ3) is 6.57. The van der Waals surface area contributed by atoms with Gasteiger partial charge in [0.15, 0.2) is 0 Å². The maximum atomic E-state index is 12.7. The summed E-state index contributed by atoms with van der Waals surface area (Å²) in [5, 5.41) is 3.41. The first-order valence-electron chi connectivity index (χ1n) is 11.4. The lowest BCUT2D eigenvalue weighted by Gasteiger charge is -2.22. The van der Waals surface area contributed by atoms with Gasteiger partial charge in [0.2, 0.25) is 11.8 Å². The van der Waals surface area contributed by atoms with E-state index in [1.165, 1.54) is 18.4 Å². The Balaban J connectivity index is 1.49. The number of ether oxygens (including phenoxy) is 2. The molecule has 2 heterocycles. The fourth-order valence-electron chi connectivity index (χ4n) is 4.01.